The van der Waals surface area contributed by atoms with Crippen LogP contribution in [0.1, 0.15) is 32.6 Å². The van der Waals surface area contributed by atoms with Crippen LogP contribution >= 0.6 is 0 Å². The summed E-state index contributed by atoms with van der Waals surface area (Å²) < 4.78 is 26.5. The number of likely N-dealkylation sites (tertiary alicyclic amines) is 1. The molecule has 23 heavy (non-hydrogen) atoms. The van der Waals surface area contributed by atoms with Gasteiger partial charge in [-0.15, -0.1) is 0 Å². The second kappa shape index (κ2) is 7.15. The van der Waals surface area contributed by atoms with Gasteiger partial charge in [0.15, 0.2) is 0 Å². The van der Waals surface area contributed by atoms with Crippen LogP contribution in [0.2, 0.25) is 0 Å². The zero-order chi connectivity index (χ0) is 16.3. The molecule has 0 spiro atoms. The van der Waals surface area contributed by atoms with Gasteiger partial charge in [-0.1, -0.05) is 6.92 Å². The molecule has 6 nitrogen and oxygen atoms in total. The fraction of sp³-hybridized carbons (Fsp3) is 0.688. The van der Waals surface area contributed by atoms with Crippen molar-refractivity contribution in [1.82, 2.24) is 14.2 Å². The Bertz CT molecular complexity index is 611. The Morgan fingerprint density at radius 2 is 2.00 bits per heavy atom. The van der Waals surface area contributed by atoms with Gasteiger partial charge in [-0.05, 0) is 50.9 Å². The molecule has 1 N–H and O–H groups in total. The first-order valence-electron chi connectivity index (χ1n) is 8.55. The third kappa shape index (κ3) is 3.67. The first kappa shape index (κ1) is 16.7. The molecule has 0 saturated carbocycles. The van der Waals surface area contributed by atoms with Crippen LogP contribution in [-0.2, 0) is 10.0 Å². The van der Waals surface area contributed by atoms with E-state index in [0.717, 1.165) is 31.7 Å². The maximum atomic E-state index is 12.5. The van der Waals surface area contributed by atoms with E-state index in [-0.39, 0.29) is 0 Å². The highest BCUT2D eigenvalue weighted by Crippen LogP contribution is 2.21. The molecular weight excluding hydrogens is 312 g/mol. The maximum Gasteiger partial charge on any atom is 0.244 e. The molecule has 2 aliphatic rings. The lowest BCUT2D eigenvalue weighted by molar-refractivity contribution is 0.277. The Morgan fingerprint density at radius 3 is 2.65 bits per heavy atom. The molecule has 0 radical (unpaired) electrons. The van der Waals surface area contributed by atoms with E-state index in [9.17, 15) is 8.42 Å². The molecule has 3 heterocycles. The molecular formula is C16H26N4O2S. The summed E-state index contributed by atoms with van der Waals surface area (Å²) >= 11 is 0. The number of nitrogens with zero attached hydrogens (tertiary/aromatic N) is 3. The van der Waals surface area contributed by atoms with Crippen LogP contribution in [0.5, 0.6) is 0 Å². The summed E-state index contributed by atoms with van der Waals surface area (Å²) in [6, 6.07) is 3.98. The van der Waals surface area contributed by atoms with Crippen molar-refractivity contribution < 1.29 is 8.42 Å². The second-order valence-electron chi connectivity index (χ2n) is 6.30. The fourth-order valence-corrected chi connectivity index (χ4v) is 4.94. The zero-order valence-electron chi connectivity index (χ0n) is 13.7. The first-order chi connectivity index (χ1) is 11.1. The van der Waals surface area contributed by atoms with E-state index in [4.69, 9.17) is 0 Å². The molecule has 0 aromatic carbocycles. The molecule has 2 aliphatic heterocycles. The minimum absolute atomic E-state index is 0.293. The van der Waals surface area contributed by atoms with E-state index >= 15 is 0 Å². The fourth-order valence-electron chi connectivity index (χ4n) is 3.48. The van der Waals surface area contributed by atoms with Crippen molar-refractivity contribution in [2.75, 3.05) is 38.0 Å². The van der Waals surface area contributed by atoms with Crippen molar-refractivity contribution in [1.29, 1.82) is 0 Å². The van der Waals surface area contributed by atoms with Crippen LogP contribution in [0.25, 0.3) is 0 Å². The van der Waals surface area contributed by atoms with E-state index < -0.39 is 10.0 Å². The molecule has 1 aromatic rings. The lowest BCUT2D eigenvalue weighted by Gasteiger charge is -2.23. The number of anilines is 1. The Kier molecular flexibility index (Phi) is 5.18. The minimum Gasteiger partial charge on any atom is -0.369 e. The van der Waals surface area contributed by atoms with Crippen molar-refractivity contribution in [3.8, 4) is 0 Å². The van der Waals surface area contributed by atoms with Crippen LogP contribution in [0.4, 0.5) is 5.82 Å². The van der Waals surface area contributed by atoms with Crippen molar-refractivity contribution >= 4 is 15.8 Å². The summed E-state index contributed by atoms with van der Waals surface area (Å²) in [5.41, 5.74) is 0. The van der Waals surface area contributed by atoms with Crippen LogP contribution < -0.4 is 5.32 Å². The number of hydrogen-bond donors (Lipinski definition) is 1. The molecule has 7 heteroatoms. The molecule has 2 saturated heterocycles. The van der Waals surface area contributed by atoms with Gasteiger partial charge in [0.05, 0.1) is 0 Å². The van der Waals surface area contributed by atoms with E-state index in [1.165, 1.54) is 25.6 Å². The van der Waals surface area contributed by atoms with Gasteiger partial charge in [0.25, 0.3) is 0 Å². The predicted octanol–water partition coefficient (Wildman–Crippen LogP) is 1.76. The number of likely N-dealkylation sites (N-methyl/N-ethyl adjacent to an activating group) is 1. The molecule has 0 amide bonds. The Balaban J connectivity index is 1.61. The highest BCUT2D eigenvalue weighted by atomic mass is 32.2. The van der Waals surface area contributed by atoms with Crippen LogP contribution in [0.15, 0.2) is 23.2 Å². The number of hydrogen-bond acceptors (Lipinski definition) is 5. The van der Waals surface area contributed by atoms with Crippen LogP contribution in [-0.4, -0.2) is 61.4 Å². The Labute approximate surface area is 138 Å². The van der Waals surface area contributed by atoms with Gasteiger partial charge in [-0.2, -0.15) is 4.31 Å². The SMILES string of the molecule is CCN1CCCC1CNc1ccc(S(=O)(=O)N2CCCC2)cn1. The van der Waals surface area contributed by atoms with E-state index in [2.05, 4.69) is 22.1 Å². The molecule has 3 rings (SSSR count). The Morgan fingerprint density at radius 1 is 1.22 bits per heavy atom. The molecule has 2 fully saturated rings. The van der Waals surface area contributed by atoms with Crippen molar-refractivity contribution in [2.45, 2.75) is 43.5 Å². The number of nitrogens with one attached hydrogen (secondary N) is 1. The summed E-state index contributed by atoms with van der Waals surface area (Å²) in [5, 5.41) is 3.34. The van der Waals surface area contributed by atoms with Gasteiger partial charge >= 0.3 is 0 Å². The summed E-state index contributed by atoms with van der Waals surface area (Å²) in [6.07, 6.45) is 5.83. The summed E-state index contributed by atoms with van der Waals surface area (Å²) in [7, 11) is -3.36. The van der Waals surface area contributed by atoms with Gasteiger partial charge in [0, 0.05) is 31.9 Å². The summed E-state index contributed by atoms with van der Waals surface area (Å²) in [5.74, 6) is 0.744. The standard InChI is InChI=1S/C16H26N4O2S/c1-2-19-9-5-6-14(19)12-17-16-8-7-15(13-18-16)23(21,22)20-10-3-4-11-20/h7-8,13-14H,2-6,9-12H2,1H3,(H,17,18). The average molecular weight is 338 g/mol. The zero-order valence-corrected chi connectivity index (χ0v) is 14.6. The topological polar surface area (TPSA) is 65.5 Å². The molecule has 0 aliphatic carbocycles. The largest absolute Gasteiger partial charge is 0.369 e. The Hall–Kier alpha value is -1.18. The summed E-state index contributed by atoms with van der Waals surface area (Å²) in [6.45, 7) is 6.54. The normalized spacial score (nSPS) is 23.4. The third-order valence-electron chi connectivity index (χ3n) is 4.86. The van der Waals surface area contributed by atoms with E-state index in [0.29, 0.717) is 24.0 Å². The van der Waals surface area contributed by atoms with Gasteiger partial charge < -0.3 is 5.32 Å². The van der Waals surface area contributed by atoms with E-state index in [1.54, 1.807) is 16.4 Å². The number of sulfonamides is 1. The molecule has 128 valence electrons. The van der Waals surface area contributed by atoms with Crippen LogP contribution in [0, 0.1) is 0 Å². The predicted molar refractivity (Wildman–Crippen MR) is 91.0 cm³/mol. The lowest BCUT2D eigenvalue weighted by atomic mass is 10.2. The van der Waals surface area contributed by atoms with Crippen molar-refractivity contribution in [3.05, 3.63) is 18.3 Å². The highest BCUT2D eigenvalue weighted by molar-refractivity contribution is 7.89. The molecule has 0 bridgehead atoms. The van der Waals surface area contributed by atoms with Crippen molar-refractivity contribution in [2.24, 2.45) is 0 Å². The average Bonchev–Trinajstić information content (AvgIpc) is 3.24. The number of rotatable bonds is 6. The van der Waals surface area contributed by atoms with Gasteiger partial charge in [-0.25, -0.2) is 13.4 Å². The number of aromatic nitrogens is 1. The molecule has 1 atom stereocenters. The second-order valence-corrected chi connectivity index (χ2v) is 8.23. The summed E-state index contributed by atoms with van der Waals surface area (Å²) in [4.78, 5) is 7.06. The number of pyridine rings is 1. The van der Waals surface area contributed by atoms with Gasteiger partial charge in [0.2, 0.25) is 10.0 Å². The quantitative estimate of drug-likeness (QED) is 0.856. The first-order valence-corrected chi connectivity index (χ1v) is 9.99. The smallest absolute Gasteiger partial charge is 0.244 e. The van der Waals surface area contributed by atoms with Gasteiger partial charge in [0.1, 0.15) is 10.7 Å². The monoisotopic (exact) mass is 338 g/mol. The molecule has 1 aromatic heterocycles. The maximum absolute atomic E-state index is 12.5. The van der Waals surface area contributed by atoms with E-state index in [1.807, 2.05) is 0 Å². The highest BCUT2D eigenvalue weighted by Gasteiger charge is 2.27. The third-order valence-corrected chi connectivity index (χ3v) is 6.75. The van der Waals surface area contributed by atoms with Crippen LogP contribution in [0.3, 0.4) is 0 Å². The lowest BCUT2D eigenvalue weighted by Crippen LogP contribution is -2.34. The molecule has 1 unspecified atom stereocenters. The van der Waals surface area contributed by atoms with Crippen molar-refractivity contribution in [3.63, 3.8) is 0 Å². The minimum atomic E-state index is -3.36. The van der Waals surface area contributed by atoms with Gasteiger partial charge in [-0.3, -0.25) is 4.90 Å².